The number of ether oxygens (including phenoxy) is 3. The first-order valence-electron chi connectivity index (χ1n) is 8.13. The lowest BCUT2D eigenvalue weighted by Gasteiger charge is -2.15. The standard InChI is InChI=1S/C21H21NO3S/c1-23-16-9-7-15(8-10-16)22-19-5-4-6-20(25-3)21(19)26-18-13-11-17(24-2)12-14-18/h4-14,22H,1-3H3. The zero-order valence-corrected chi connectivity index (χ0v) is 15.8. The Morgan fingerprint density at radius 2 is 1.31 bits per heavy atom. The lowest BCUT2D eigenvalue weighted by atomic mass is 10.2. The first kappa shape index (κ1) is 18.0. The average molecular weight is 367 g/mol. The van der Waals surface area contributed by atoms with Crippen molar-refractivity contribution in [2.45, 2.75) is 9.79 Å². The Labute approximate surface area is 158 Å². The molecule has 3 rings (SSSR count). The molecule has 0 saturated heterocycles. The van der Waals surface area contributed by atoms with Gasteiger partial charge >= 0.3 is 0 Å². The van der Waals surface area contributed by atoms with Crippen molar-refractivity contribution in [2.75, 3.05) is 26.6 Å². The Bertz CT molecular complexity index is 848. The summed E-state index contributed by atoms with van der Waals surface area (Å²) >= 11 is 1.64. The van der Waals surface area contributed by atoms with E-state index < -0.39 is 0 Å². The van der Waals surface area contributed by atoms with Gasteiger partial charge in [-0.3, -0.25) is 0 Å². The Morgan fingerprint density at radius 3 is 1.88 bits per heavy atom. The molecule has 0 unspecified atom stereocenters. The van der Waals surface area contributed by atoms with Gasteiger partial charge in [-0.05, 0) is 60.7 Å². The van der Waals surface area contributed by atoms with Crippen LogP contribution < -0.4 is 19.5 Å². The zero-order valence-electron chi connectivity index (χ0n) is 15.0. The predicted molar refractivity (Wildman–Crippen MR) is 106 cm³/mol. The van der Waals surface area contributed by atoms with E-state index in [1.165, 1.54) is 0 Å². The van der Waals surface area contributed by atoms with Gasteiger partial charge in [0.2, 0.25) is 0 Å². The molecule has 3 aromatic carbocycles. The average Bonchev–Trinajstić information content (AvgIpc) is 2.70. The summed E-state index contributed by atoms with van der Waals surface area (Å²) in [5, 5.41) is 3.46. The second-order valence-corrected chi connectivity index (χ2v) is 6.55. The van der Waals surface area contributed by atoms with E-state index in [-0.39, 0.29) is 0 Å². The third-order valence-electron chi connectivity index (χ3n) is 3.85. The highest BCUT2D eigenvalue weighted by Crippen LogP contribution is 2.41. The Balaban J connectivity index is 1.89. The summed E-state index contributed by atoms with van der Waals surface area (Å²) in [6, 6.07) is 21.8. The molecule has 0 fully saturated rings. The fraction of sp³-hybridized carbons (Fsp3) is 0.143. The fourth-order valence-electron chi connectivity index (χ4n) is 2.47. The quantitative estimate of drug-likeness (QED) is 0.588. The predicted octanol–water partition coefficient (Wildman–Crippen LogP) is 5.61. The third-order valence-corrected chi connectivity index (χ3v) is 4.98. The van der Waals surface area contributed by atoms with Crippen LogP contribution in [0.4, 0.5) is 11.4 Å². The molecule has 0 aliphatic carbocycles. The van der Waals surface area contributed by atoms with Gasteiger partial charge in [-0.1, -0.05) is 17.8 Å². The molecule has 0 amide bonds. The van der Waals surface area contributed by atoms with Crippen LogP contribution in [0.25, 0.3) is 0 Å². The minimum absolute atomic E-state index is 0.823. The van der Waals surface area contributed by atoms with E-state index in [0.29, 0.717) is 0 Å². The molecule has 0 bridgehead atoms. The van der Waals surface area contributed by atoms with E-state index >= 15 is 0 Å². The molecule has 3 aromatic rings. The van der Waals surface area contributed by atoms with E-state index in [4.69, 9.17) is 14.2 Å². The molecule has 134 valence electrons. The van der Waals surface area contributed by atoms with Gasteiger partial charge < -0.3 is 19.5 Å². The van der Waals surface area contributed by atoms with Crippen LogP contribution in [-0.4, -0.2) is 21.3 Å². The molecular weight excluding hydrogens is 346 g/mol. The molecule has 0 heterocycles. The molecule has 0 saturated carbocycles. The van der Waals surface area contributed by atoms with Crippen LogP contribution in [0.2, 0.25) is 0 Å². The largest absolute Gasteiger partial charge is 0.497 e. The van der Waals surface area contributed by atoms with Crippen molar-refractivity contribution in [3.05, 3.63) is 66.7 Å². The van der Waals surface area contributed by atoms with E-state index in [1.54, 1.807) is 33.1 Å². The van der Waals surface area contributed by atoms with Gasteiger partial charge in [0.1, 0.15) is 17.2 Å². The second-order valence-electron chi connectivity index (χ2n) is 5.47. The normalized spacial score (nSPS) is 10.3. The van der Waals surface area contributed by atoms with Crippen LogP contribution in [0.3, 0.4) is 0 Å². The van der Waals surface area contributed by atoms with E-state index in [1.807, 2.05) is 66.7 Å². The van der Waals surface area contributed by atoms with Crippen LogP contribution in [0.15, 0.2) is 76.5 Å². The van der Waals surface area contributed by atoms with Gasteiger partial charge in [-0.15, -0.1) is 0 Å². The number of anilines is 2. The van der Waals surface area contributed by atoms with E-state index in [0.717, 1.165) is 38.4 Å². The molecular formula is C21H21NO3S. The van der Waals surface area contributed by atoms with Gasteiger partial charge in [0.15, 0.2) is 0 Å². The summed E-state index contributed by atoms with van der Waals surface area (Å²) < 4.78 is 16.0. The SMILES string of the molecule is COc1ccc(Nc2cccc(OC)c2Sc2ccc(OC)cc2)cc1. The lowest BCUT2D eigenvalue weighted by molar-refractivity contribution is 0.405. The molecule has 0 atom stereocenters. The molecule has 0 aliphatic heterocycles. The van der Waals surface area contributed by atoms with Crippen LogP contribution in [-0.2, 0) is 0 Å². The first-order chi connectivity index (χ1) is 12.7. The van der Waals surface area contributed by atoms with Crippen molar-refractivity contribution in [1.29, 1.82) is 0 Å². The molecule has 5 heteroatoms. The smallest absolute Gasteiger partial charge is 0.134 e. The second kappa shape index (κ2) is 8.54. The summed E-state index contributed by atoms with van der Waals surface area (Å²) in [6.45, 7) is 0. The Hall–Kier alpha value is -2.79. The van der Waals surface area contributed by atoms with E-state index in [9.17, 15) is 0 Å². The summed E-state index contributed by atoms with van der Waals surface area (Å²) in [5.41, 5.74) is 1.96. The van der Waals surface area contributed by atoms with Gasteiger partial charge in [0.05, 0.1) is 31.9 Å². The van der Waals surface area contributed by atoms with Crippen molar-refractivity contribution in [2.24, 2.45) is 0 Å². The molecule has 0 aliphatic rings. The van der Waals surface area contributed by atoms with Gasteiger partial charge in [-0.25, -0.2) is 0 Å². The maximum Gasteiger partial charge on any atom is 0.134 e. The maximum absolute atomic E-state index is 5.57. The number of hydrogen-bond acceptors (Lipinski definition) is 5. The number of rotatable bonds is 7. The van der Waals surface area contributed by atoms with Crippen molar-refractivity contribution in [3.8, 4) is 17.2 Å². The van der Waals surface area contributed by atoms with Crippen LogP contribution >= 0.6 is 11.8 Å². The molecule has 0 aromatic heterocycles. The zero-order chi connectivity index (χ0) is 18.4. The highest BCUT2D eigenvalue weighted by molar-refractivity contribution is 7.99. The van der Waals surface area contributed by atoms with Crippen LogP contribution in [0.1, 0.15) is 0 Å². The van der Waals surface area contributed by atoms with Crippen molar-refractivity contribution in [1.82, 2.24) is 0 Å². The number of methoxy groups -OCH3 is 3. The number of nitrogens with one attached hydrogen (secondary N) is 1. The molecule has 0 radical (unpaired) electrons. The summed E-state index contributed by atoms with van der Waals surface area (Å²) in [6.07, 6.45) is 0. The molecule has 26 heavy (non-hydrogen) atoms. The minimum atomic E-state index is 0.823. The fourth-order valence-corrected chi connectivity index (χ4v) is 3.46. The van der Waals surface area contributed by atoms with Gasteiger partial charge in [0, 0.05) is 10.6 Å². The monoisotopic (exact) mass is 367 g/mol. The highest BCUT2D eigenvalue weighted by Gasteiger charge is 2.12. The highest BCUT2D eigenvalue weighted by atomic mass is 32.2. The summed E-state index contributed by atoms with van der Waals surface area (Å²) in [5.74, 6) is 2.49. The van der Waals surface area contributed by atoms with Crippen molar-refractivity contribution in [3.63, 3.8) is 0 Å². The van der Waals surface area contributed by atoms with Crippen LogP contribution in [0, 0.1) is 0 Å². The maximum atomic E-state index is 5.57. The summed E-state index contributed by atoms with van der Waals surface area (Å²) in [7, 11) is 5.01. The lowest BCUT2D eigenvalue weighted by Crippen LogP contribution is -1.95. The van der Waals surface area contributed by atoms with Crippen LogP contribution in [0.5, 0.6) is 17.2 Å². The third kappa shape index (κ3) is 4.24. The Kier molecular flexibility index (Phi) is 5.92. The first-order valence-corrected chi connectivity index (χ1v) is 8.95. The minimum Gasteiger partial charge on any atom is -0.497 e. The van der Waals surface area contributed by atoms with Crippen molar-refractivity contribution < 1.29 is 14.2 Å². The molecule has 0 spiro atoms. The number of hydrogen-bond donors (Lipinski definition) is 1. The van der Waals surface area contributed by atoms with Gasteiger partial charge in [-0.2, -0.15) is 0 Å². The molecule has 1 N–H and O–H groups in total. The van der Waals surface area contributed by atoms with Gasteiger partial charge in [0.25, 0.3) is 0 Å². The topological polar surface area (TPSA) is 39.7 Å². The summed E-state index contributed by atoms with van der Waals surface area (Å²) in [4.78, 5) is 2.13. The number of benzene rings is 3. The molecule has 4 nitrogen and oxygen atoms in total. The van der Waals surface area contributed by atoms with Crippen molar-refractivity contribution >= 4 is 23.1 Å². The Morgan fingerprint density at radius 1 is 0.692 bits per heavy atom. The van der Waals surface area contributed by atoms with E-state index in [2.05, 4.69) is 5.32 Å².